The van der Waals surface area contributed by atoms with Crippen LogP contribution in [0.25, 0.3) is 0 Å². The summed E-state index contributed by atoms with van der Waals surface area (Å²) in [5, 5.41) is 3.68. The summed E-state index contributed by atoms with van der Waals surface area (Å²) in [6.07, 6.45) is 0. The van der Waals surface area contributed by atoms with Crippen LogP contribution in [0.4, 0.5) is 0 Å². The SMILES string of the molecule is CC(C)CNC(=O)C(C)N(Cc1ccc(Br)cc1)C(=O)COc1ccc(Cl)cc1Cl. The average molecular weight is 516 g/mol. The second-order valence-corrected chi connectivity index (χ2v) is 9.09. The summed E-state index contributed by atoms with van der Waals surface area (Å²) in [5.74, 6) is 0.136. The molecule has 30 heavy (non-hydrogen) atoms. The van der Waals surface area contributed by atoms with Gasteiger partial charge in [-0.3, -0.25) is 9.59 Å². The lowest BCUT2D eigenvalue weighted by Gasteiger charge is -2.29. The number of benzene rings is 2. The van der Waals surface area contributed by atoms with E-state index in [-0.39, 0.29) is 25.0 Å². The zero-order valence-electron chi connectivity index (χ0n) is 17.1. The molecule has 1 unspecified atom stereocenters. The molecule has 0 aromatic heterocycles. The molecule has 0 spiro atoms. The van der Waals surface area contributed by atoms with Crippen LogP contribution < -0.4 is 10.1 Å². The first-order valence-corrected chi connectivity index (χ1v) is 11.1. The van der Waals surface area contributed by atoms with Gasteiger partial charge < -0.3 is 15.0 Å². The van der Waals surface area contributed by atoms with Crippen LogP contribution in [0.15, 0.2) is 46.9 Å². The molecule has 0 fully saturated rings. The van der Waals surface area contributed by atoms with Crippen LogP contribution in [0, 0.1) is 5.92 Å². The van der Waals surface area contributed by atoms with E-state index in [1.54, 1.807) is 25.1 Å². The Hall–Kier alpha value is -1.76. The van der Waals surface area contributed by atoms with Gasteiger partial charge in [0.2, 0.25) is 5.91 Å². The maximum absolute atomic E-state index is 13.0. The van der Waals surface area contributed by atoms with Crippen molar-refractivity contribution in [3.8, 4) is 5.75 Å². The second-order valence-electron chi connectivity index (χ2n) is 7.33. The Morgan fingerprint density at radius 1 is 1.10 bits per heavy atom. The van der Waals surface area contributed by atoms with E-state index >= 15 is 0 Å². The first-order chi connectivity index (χ1) is 14.2. The van der Waals surface area contributed by atoms with Crippen molar-refractivity contribution in [2.75, 3.05) is 13.2 Å². The van der Waals surface area contributed by atoms with Crippen LogP contribution in [-0.4, -0.2) is 35.9 Å². The number of halogens is 3. The first-order valence-electron chi connectivity index (χ1n) is 9.57. The van der Waals surface area contributed by atoms with E-state index in [4.69, 9.17) is 27.9 Å². The minimum Gasteiger partial charge on any atom is -0.482 e. The van der Waals surface area contributed by atoms with Gasteiger partial charge in [0.25, 0.3) is 5.91 Å². The maximum atomic E-state index is 13.0. The van der Waals surface area contributed by atoms with Gasteiger partial charge in [0.05, 0.1) is 5.02 Å². The van der Waals surface area contributed by atoms with Gasteiger partial charge in [-0.2, -0.15) is 0 Å². The molecule has 2 amide bonds. The van der Waals surface area contributed by atoms with Gasteiger partial charge in [0.1, 0.15) is 11.8 Å². The lowest BCUT2D eigenvalue weighted by Crippen LogP contribution is -2.49. The summed E-state index contributed by atoms with van der Waals surface area (Å²) >= 11 is 15.4. The number of amides is 2. The lowest BCUT2D eigenvalue weighted by atomic mass is 10.1. The van der Waals surface area contributed by atoms with Gasteiger partial charge in [-0.1, -0.05) is 65.1 Å². The summed E-state index contributed by atoms with van der Waals surface area (Å²) in [4.78, 5) is 27.1. The molecule has 2 aromatic carbocycles. The number of nitrogens with one attached hydrogen (secondary N) is 1. The number of ether oxygens (including phenoxy) is 1. The molecule has 8 heteroatoms. The van der Waals surface area contributed by atoms with E-state index in [1.165, 1.54) is 4.90 Å². The van der Waals surface area contributed by atoms with Gasteiger partial charge in [0, 0.05) is 22.6 Å². The van der Waals surface area contributed by atoms with Crippen molar-refractivity contribution in [3.05, 3.63) is 62.5 Å². The Kier molecular flexibility index (Phi) is 9.46. The first kappa shape index (κ1) is 24.5. The average Bonchev–Trinajstić information content (AvgIpc) is 2.70. The van der Waals surface area contributed by atoms with Gasteiger partial charge in [-0.05, 0) is 48.7 Å². The molecule has 2 rings (SSSR count). The molecule has 0 saturated carbocycles. The van der Waals surface area contributed by atoms with Gasteiger partial charge in [-0.25, -0.2) is 0 Å². The summed E-state index contributed by atoms with van der Waals surface area (Å²) in [6.45, 7) is 6.31. The molecule has 162 valence electrons. The molecule has 1 atom stereocenters. The quantitative estimate of drug-likeness (QED) is 0.491. The Morgan fingerprint density at radius 3 is 2.37 bits per heavy atom. The molecule has 0 heterocycles. The zero-order chi connectivity index (χ0) is 22.3. The Bertz CT molecular complexity index is 875. The topological polar surface area (TPSA) is 58.6 Å². The zero-order valence-corrected chi connectivity index (χ0v) is 20.2. The van der Waals surface area contributed by atoms with Gasteiger partial charge in [0.15, 0.2) is 6.61 Å². The highest BCUT2D eigenvalue weighted by atomic mass is 79.9. The van der Waals surface area contributed by atoms with Gasteiger partial charge in [-0.15, -0.1) is 0 Å². The van der Waals surface area contributed by atoms with Crippen molar-refractivity contribution >= 4 is 50.9 Å². The molecule has 0 aliphatic carbocycles. The molecular formula is C22H25BrCl2N2O3. The predicted molar refractivity (Wildman–Crippen MR) is 124 cm³/mol. The Balaban J connectivity index is 2.14. The van der Waals surface area contributed by atoms with Crippen molar-refractivity contribution in [1.82, 2.24) is 10.2 Å². The molecule has 1 N–H and O–H groups in total. The summed E-state index contributed by atoms with van der Waals surface area (Å²) in [5.41, 5.74) is 0.902. The normalized spacial score (nSPS) is 11.8. The smallest absolute Gasteiger partial charge is 0.261 e. The van der Waals surface area contributed by atoms with Crippen LogP contribution in [0.5, 0.6) is 5.75 Å². The largest absolute Gasteiger partial charge is 0.482 e. The highest BCUT2D eigenvalue weighted by Gasteiger charge is 2.26. The van der Waals surface area contributed by atoms with Crippen LogP contribution in [0.1, 0.15) is 26.3 Å². The minimum atomic E-state index is -0.663. The fraction of sp³-hybridized carbons (Fsp3) is 0.364. The van der Waals surface area contributed by atoms with Crippen molar-refractivity contribution in [2.24, 2.45) is 5.92 Å². The van der Waals surface area contributed by atoms with Gasteiger partial charge >= 0.3 is 0 Å². The van der Waals surface area contributed by atoms with Crippen molar-refractivity contribution in [1.29, 1.82) is 0 Å². The summed E-state index contributed by atoms with van der Waals surface area (Å²) in [7, 11) is 0. The van der Waals surface area contributed by atoms with Crippen LogP contribution in [0.2, 0.25) is 10.0 Å². The highest BCUT2D eigenvalue weighted by Crippen LogP contribution is 2.27. The van der Waals surface area contributed by atoms with E-state index in [2.05, 4.69) is 21.2 Å². The minimum absolute atomic E-state index is 0.210. The Labute approximate surface area is 195 Å². The number of hydrogen-bond acceptors (Lipinski definition) is 3. The molecule has 0 radical (unpaired) electrons. The van der Waals surface area contributed by atoms with E-state index in [9.17, 15) is 9.59 Å². The third-order valence-corrected chi connectivity index (χ3v) is 5.42. The van der Waals surface area contributed by atoms with Crippen LogP contribution >= 0.6 is 39.1 Å². The number of nitrogens with zero attached hydrogens (tertiary/aromatic N) is 1. The molecule has 0 saturated heterocycles. The van der Waals surface area contributed by atoms with Crippen molar-refractivity contribution in [2.45, 2.75) is 33.4 Å². The predicted octanol–water partition coefficient (Wildman–Crippen LogP) is 5.32. The summed E-state index contributed by atoms with van der Waals surface area (Å²) < 4.78 is 6.54. The number of carbonyl (C=O) groups is 2. The number of rotatable bonds is 9. The van der Waals surface area contributed by atoms with Crippen LogP contribution in [-0.2, 0) is 16.1 Å². The third-order valence-electron chi connectivity index (χ3n) is 4.36. The fourth-order valence-electron chi connectivity index (χ4n) is 2.64. The van der Waals surface area contributed by atoms with E-state index in [1.807, 2.05) is 38.1 Å². The Morgan fingerprint density at radius 2 is 1.77 bits per heavy atom. The molecule has 0 aliphatic rings. The van der Waals surface area contributed by atoms with E-state index < -0.39 is 6.04 Å². The second kappa shape index (κ2) is 11.6. The maximum Gasteiger partial charge on any atom is 0.261 e. The molecule has 0 aliphatic heterocycles. The summed E-state index contributed by atoms with van der Waals surface area (Å²) in [6, 6.07) is 11.7. The van der Waals surface area contributed by atoms with Crippen LogP contribution in [0.3, 0.4) is 0 Å². The number of hydrogen-bond donors (Lipinski definition) is 1. The fourth-order valence-corrected chi connectivity index (χ4v) is 3.36. The molecule has 2 aromatic rings. The van der Waals surface area contributed by atoms with Crippen molar-refractivity contribution < 1.29 is 14.3 Å². The van der Waals surface area contributed by atoms with E-state index in [0.29, 0.717) is 28.3 Å². The highest BCUT2D eigenvalue weighted by molar-refractivity contribution is 9.10. The standard InChI is InChI=1S/C22H25BrCl2N2O3/c1-14(2)11-26-22(29)15(3)27(12-16-4-6-17(23)7-5-16)21(28)13-30-20-9-8-18(24)10-19(20)25/h4-10,14-15H,11-13H2,1-3H3,(H,26,29). The molecule has 0 bridgehead atoms. The molecule has 5 nitrogen and oxygen atoms in total. The van der Waals surface area contributed by atoms with Crippen molar-refractivity contribution in [3.63, 3.8) is 0 Å². The van der Waals surface area contributed by atoms with E-state index in [0.717, 1.165) is 10.0 Å². The number of carbonyl (C=O) groups excluding carboxylic acids is 2. The molecular weight excluding hydrogens is 491 g/mol. The lowest BCUT2D eigenvalue weighted by molar-refractivity contribution is -0.142. The third kappa shape index (κ3) is 7.49. The monoisotopic (exact) mass is 514 g/mol.